The van der Waals surface area contributed by atoms with Gasteiger partial charge in [-0.3, -0.25) is 14.8 Å². The SMILES string of the molecule is Cc1ccc(NC(=O)[C@@H]2CCCN2S(=O)(=O)c2cccc3cccnc23)c(C)n1. The molecule has 1 aliphatic heterocycles. The topological polar surface area (TPSA) is 92.3 Å². The van der Waals surface area contributed by atoms with Gasteiger partial charge in [0.2, 0.25) is 15.9 Å². The normalized spacial score (nSPS) is 17.5. The molecule has 1 amide bonds. The van der Waals surface area contributed by atoms with Crippen LogP contribution in [0.1, 0.15) is 24.2 Å². The van der Waals surface area contributed by atoms with Crippen molar-refractivity contribution in [1.29, 1.82) is 0 Å². The molecule has 1 saturated heterocycles. The van der Waals surface area contributed by atoms with E-state index in [1.54, 1.807) is 30.5 Å². The van der Waals surface area contributed by atoms with Gasteiger partial charge in [0.25, 0.3) is 0 Å². The number of hydrogen-bond donors (Lipinski definition) is 1. The fourth-order valence-electron chi connectivity index (χ4n) is 3.74. The number of aryl methyl sites for hydroxylation is 2. The second-order valence-electron chi connectivity index (χ2n) is 7.18. The molecule has 0 saturated carbocycles. The van der Waals surface area contributed by atoms with Crippen LogP contribution in [0.25, 0.3) is 10.9 Å². The van der Waals surface area contributed by atoms with E-state index in [1.165, 1.54) is 4.31 Å². The molecule has 2 aromatic heterocycles. The Morgan fingerprint density at radius 2 is 1.93 bits per heavy atom. The number of sulfonamides is 1. The average molecular weight is 410 g/mol. The first-order chi connectivity index (χ1) is 13.9. The number of amides is 1. The van der Waals surface area contributed by atoms with Crippen molar-refractivity contribution in [2.75, 3.05) is 11.9 Å². The van der Waals surface area contributed by atoms with Crippen molar-refractivity contribution in [3.05, 3.63) is 60.0 Å². The number of rotatable bonds is 4. The minimum Gasteiger partial charge on any atom is -0.323 e. The number of carbonyl (C=O) groups is 1. The summed E-state index contributed by atoms with van der Waals surface area (Å²) in [6.07, 6.45) is 2.67. The van der Waals surface area contributed by atoms with Crippen molar-refractivity contribution in [2.24, 2.45) is 0 Å². The molecule has 1 atom stereocenters. The van der Waals surface area contributed by atoms with Gasteiger partial charge < -0.3 is 5.32 Å². The highest BCUT2D eigenvalue weighted by atomic mass is 32.2. The fraction of sp³-hybridized carbons (Fsp3) is 0.286. The molecule has 1 N–H and O–H groups in total. The standard InChI is InChI=1S/C21H22N4O3S/c1-14-10-11-17(15(2)23-14)24-21(26)18-8-5-13-25(18)29(27,28)19-9-3-6-16-7-4-12-22-20(16)19/h3-4,6-7,9-12,18H,5,8,13H2,1-2H3,(H,24,26)/t18-/m0/s1. The number of para-hydroxylation sites is 1. The van der Waals surface area contributed by atoms with Crippen LogP contribution in [0, 0.1) is 13.8 Å². The molecule has 4 rings (SSSR count). The van der Waals surface area contributed by atoms with Crippen LogP contribution >= 0.6 is 0 Å². The first kappa shape index (κ1) is 19.5. The maximum Gasteiger partial charge on any atom is 0.245 e. The van der Waals surface area contributed by atoms with Crippen molar-refractivity contribution < 1.29 is 13.2 Å². The zero-order chi connectivity index (χ0) is 20.6. The van der Waals surface area contributed by atoms with Crippen molar-refractivity contribution in [2.45, 2.75) is 37.6 Å². The molecular formula is C21H22N4O3S. The summed E-state index contributed by atoms with van der Waals surface area (Å²) in [6, 6.07) is 11.5. The molecule has 0 spiro atoms. The highest BCUT2D eigenvalue weighted by molar-refractivity contribution is 7.89. The van der Waals surface area contributed by atoms with Crippen molar-refractivity contribution in [1.82, 2.24) is 14.3 Å². The van der Waals surface area contributed by atoms with Gasteiger partial charge in [0.15, 0.2) is 0 Å². The number of nitrogens with zero attached hydrogens (tertiary/aromatic N) is 3. The van der Waals surface area contributed by atoms with Crippen LogP contribution in [0.5, 0.6) is 0 Å². The highest BCUT2D eigenvalue weighted by Gasteiger charge is 2.40. The Labute approximate surface area is 169 Å². The van der Waals surface area contributed by atoms with Gasteiger partial charge in [0.1, 0.15) is 10.9 Å². The smallest absolute Gasteiger partial charge is 0.245 e. The Kier molecular flexibility index (Phi) is 5.06. The van der Waals surface area contributed by atoms with E-state index in [9.17, 15) is 13.2 Å². The monoisotopic (exact) mass is 410 g/mol. The molecule has 0 bridgehead atoms. The van der Waals surface area contributed by atoms with Crippen LogP contribution in [0.4, 0.5) is 5.69 Å². The van der Waals surface area contributed by atoms with Crippen LogP contribution in [0.2, 0.25) is 0 Å². The van der Waals surface area contributed by atoms with Crippen LogP contribution in [0.3, 0.4) is 0 Å². The third kappa shape index (κ3) is 3.61. The third-order valence-corrected chi connectivity index (χ3v) is 7.11. The predicted molar refractivity (Wildman–Crippen MR) is 111 cm³/mol. The number of hydrogen-bond acceptors (Lipinski definition) is 5. The first-order valence-electron chi connectivity index (χ1n) is 9.48. The lowest BCUT2D eigenvalue weighted by molar-refractivity contribution is -0.119. The minimum absolute atomic E-state index is 0.128. The molecule has 1 fully saturated rings. The summed E-state index contributed by atoms with van der Waals surface area (Å²) in [6.45, 7) is 3.99. The second-order valence-corrected chi connectivity index (χ2v) is 9.04. The molecule has 1 aromatic carbocycles. The molecule has 0 unspecified atom stereocenters. The quantitative estimate of drug-likeness (QED) is 0.714. The largest absolute Gasteiger partial charge is 0.323 e. The Morgan fingerprint density at radius 1 is 1.14 bits per heavy atom. The zero-order valence-electron chi connectivity index (χ0n) is 16.3. The molecule has 3 aromatic rings. The fourth-order valence-corrected chi connectivity index (χ4v) is 5.56. The van der Waals surface area contributed by atoms with Gasteiger partial charge in [-0.05, 0) is 51.0 Å². The molecule has 8 heteroatoms. The van der Waals surface area contributed by atoms with Gasteiger partial charge in [-0.15, -0.1) is 0 Å². The Bertz CT molecular complexity index is 1190. The van der Waals surface area contributed by atoms with E-state index in [1.807, 2.05) is 32.0 Å². The van der Waals surface area contributed by atoms with E-state index in [4.69, 9.17) is 0 Å². The first-order valence-corrected chi connectivity index (χ1v) is 10.9. The molecular weight excluding hydrogens is 388 g/mol. The summed E-state index contributed by atoms with van der Waals surface area (Å²) >= 11 is 0. The van der Waals surface area contributed by atoms with Gasteiger partial charge in [-0.2, -0.15) is 4.31 Å². The van der Waals surface area contributed by atoms with Crippen molar-refractivity contribution in [3.8, 4) is 0 Å². The lowest BCUT2D eigenvalue weighted by Crippen LogP contribution is -2.43. The van der Waals surface area contributed by atoms with Crippen molar-refractivity contribution >= 4 is 32.5 Å². The Morgan fingerprint density at radius 3 is 2.72 bits per heavy atom. The predicted octanol–water partition coefficient (Wildman–Crippen LogP) is 3.04. The molecule has 3 heterocycles. The van der Waals surface area contributed by atoms with Crippen LogP contribution in [-0.4, -0.2) is 41.2 Å². The van der Waals surface area contributed by atoms with E-state index in [-0.39, 0.29) is 10.8 Å². The van der Waals surface area contributed by atoms with Gasteiger partial charge in [-0.25, -0.2) is 8.42 Å². The third-order valence-electron chi connectivity index (χ3n) is 5.17. The second kappa shape index (κ2) is 7.53. The van der Waals surface area contributed by atoms with Gasteiger partial charge in [0.05, 0.1) is 16.9 Å². The average Bonchev–Trinajstić information content (AvgIpc) is 3.20. The van der Waals surface area contributed by atoms with Crippen LogP contribution in [0.15, 0.2) is 53.6 Å². The highest BCUT2D eigenvalue weighted by Crippen LogP contribution is 2.30. The van der Waals surface area contributed by atoms with Gasteiger partial charge in [-0.1, -0.05) is 18.2 Å². The molecule has 0 aliphatic carbocycles. The van der Waals surface area contributed by atoms with Gasteiger partial charge in [0, 0.05) is 23.8 Å². The maximum atomic E-state index is 13.4. The summed E-state index contributed by atoms with van der Waals surface area (Å²) in [5.41, 5.74) is 2.56. The number of aromatic nitrogens is 2. The number of benzene rings is 1. The van der Waals surface area contributed by atoms with Crippen molar-refractivity contribution in [3.63, 3.8) is 0 Å². The van der Waals surface area contributed by atoms with Crippen LogP contribution in [-0.2, 0) is 14.8 Å². The summed E-state index contributed by atoms with van der Waals surface area (Å²) < 4.78 is 28.1. The number of nitrogens with one attached hydrogen (secondary N) is 1. The Hall–Kier alpha value is -2.84. The molecule has 0 radical (unpaired) electrons. The summed E-state index contributed by atoms with van der Waals surface area (Å²) in [5.74, 6) is -0.340. The summed E-state index contributed by atoms with van der Waals surface area (Å²) in [4.78, 5) is 21.7. The van der Waals surface area contributed by atoms with E-state index in [0.29, 0.717) is 36.3 Å². The zero-order valence-corrected chi connectivity index (χ0v) is 17.1. The van der Waals surface area contributed by atoms with Gasteiger partial charge >= 0.3 is 0 Å². The van der Waals surface area contributed by atoms with E-state index in [0.717, 1.165) is 11.1 Å². The number of pyridine rings is 2. The van der Waals surface area contributed by atoms with Crippen LogP contribution < -0.4 is 5.32 Å². The number of anilines is 1. The lowest BCUT2D eigenvalue weighted by Gasteiger charge is -2.24. The van der Waals surface area contributed by atoms with E-state index in [2.05, 4.69) is 15.3 Å². The molecule has 29 heavy (non-hydrogen) atoms. The summed E-state index contributed by atoms with van der Waals surface area (Å²) in [5, 5.41) is 3.59. The molecule has 1 aliphatic rings. The van der Waals surface area contributed by atoms with E-state index >= 15 is 0 Å². The number of carbonyl (C=O) groups excluding carboxylic acids is 1. The lowest BCUT2D eigenvalue weighted by atomic mass is 10.2. The Balaban J connectivity index is 1.66. The minimum atomic E-state index is -3.87. The maximum absolute atomic E-state index is 13.4. The number of fused-ring (bicyclic) bond motifs is 1. The van der Waals surface area contributed by atoms with E-state index < -0.39 is 16.1 Å². The molecule has 150 valence electrons. The summed E-state index contributed by atoms with van der Waals surface area (Å²) in [7, 11) is -3.87. The molecule has 7 nitrogen and oxygen atoms in total.